The fourth-order valence-corrected chi connectivity index (χ4v) is 3.78. The molecule has 5 nitrogen and oxygen atoms in total. The first-order valence-electron chi connectivity index (χ1n) is 9.71. The number of aryl methyl sites for hydroxylation is 1. The summed E-state index contributed by atoms with van der Waals surface area (Å²) in [6, 6.07) is 8.47. The number of hydrogen-bond acceptors (Lipinski definition) is 3. The number of benzene rings is 2. The Hall–Kier alpha value is -3.32. The van der Waals surface area contributed by atoms with Crippen LogP contribution in [0.15, 0.2) is 42.0 Å². The summed E-state index contributed by atoms with van der Waals surface area (Å²) in [5, 5.41) is 6.46. The van der Waals surface area contributed by atoms with Gasteiger partial charge in [-0.2, -0.15) is 0 Å². The molecule has 4 rings (SSSR count). The Morgan fingerprint density at radius 3 is 2.63 bits per heavy atom. The minimum absolute atomic E-state index is 0.0861. The molecule has 0 bridgehead atoms. The maximum Gasteiger partial charge on any atom is 0.237 e. The highest BCUT2D eigenvalue weighted by Crippen LogP contribution is 2.34. The summed E-state index contributed by atoms with van der Waals surface area (Å²) in [4.78, 5) is 26.8. The normalized spacial score (nSPS) is 16.8. The van der Waals surface area contributed by atoms with Gasteiger partial charge in [0.05, 0.1) is 11.7 Å². The number of amides is 1. The van der Waals surface area contributed by atoms with Gasteiger partial charge in [0.2, 0.25) is 5.91 Å². The van der Waals surface area contributed by atoms with Crippen LogP contribution in [-0.4, -0.2) is 36.3 Å². The second-order valence-electron chi connectivity index (χ2n) is 7.42. The molecule has 0 saturated carbocycles. The second kappa shape index (κ2) is 8.20. The molecule has 0 radical (unpaired) electrons. The Morgan fingerprint density at radius 1 is 1.20 bits per heavy atom. The van der Waals surface area contributed by atoms with Crippen molar-refractivity contribution in [2.45, 2.75) is 19.4 Å². The van der Waals surface area contributed by atoms with Crippen molar-refractivity contribution in [3.8, 4) is 11.3 Å². The van der Waals surface area contributed by atoms with Crippen LogP contribution < -0.4 is 10.6 Å². The van der Waals surface area contributed by atoms with Gasteiger partial charge in [0.1, 0.15) is 17.9 Å². The molecule has 1 aliphatic heterocycles. The number of nitrogens with one attached hydrogen (secondary N) is 3. The van der Waals surface area contributed by atoms with Crippen LogP contribution in [0.2, 0.25) is 0 Å². The Bertz CT molecular complexity index is 1150. The maximum atomic E-state index is 14.1. The Labute approximate surface area is 172 Å². The van der Waals surface area contributed by atoms with Crippen LogP contribution in [0.4, 0.5) is 8.78 Å². The Balaban J connectivity index is 1.79. The zero-order chi connectivity index (χ0) is 21.3. The molecule has 0 unspecified atom stereocenters. The lowest BCUT2D eigenvalue weighted by Crippen LogP contribution is -2.37. The van der Waals surface area contributed by atoms with E-state index in [1.165, 1.54) is 24.3 Å². The third kappa shape index (κ3) is 3.89. The quantitative estimate of drug-likeness (QED) is 0.431. The number of aromatic amines is 1. The molecular formula is C23H21F2N3O2. The molecule has 1 aliphatic rings. The van der Waals surface area contributed by atoms with Gasteiger partial charge in [0.25, 0.3) is 0 Å². The SMILES string of the molecule is Cc1cc(F)cc2c(/C=C(\C=O)CN[C@H]3CCNC3=O)c(-c3ccc(F)cc3)[nH]c12. The van der Waals surface area contributed by atoms with Crippen molar-refractivity contribution in [3.63, 3.8) is 0 Å². The van der Waals surface area contributed by atoms with E-state index in [1.807, 2.05) is 0 Å². The van der Waals surface area contributed by atoms with Crippen molar-refractivity contribution >= 4 is 29.2 Å². The standard InChI is InChI=1S/C23H21F2N3O2/c1-13-8-17(25)10-19-18(9-14(12-29)11-27-20-6-7-26-23(20)30)22(28-21(13)19)15-2-4-16(24)5-3-15/h2-5,8-10,12,20,27-28H,6-7,11H2,1H3,(H,26,30)/b14-9-/t20-/m0/s1. The summed E-state index contributed by atoms with van der Waals surface area (Å²) < 4.78 is 27.6. The molecule has 2 heterocycles. The van der Waals surface area contributed by atoms with Crippen molar-refractivity contribution in [3.05, 3.63) is 64.7 Å². The minimum atomic E-state index is -0.382. The molecule has 1 amide bonds. The number of fused-ring (bicyclic) bond motifs is 1. The molecule has 154 valence electrons. The fraction of sp³-hybridized carbons (Fsp3) is 0.217. The number of aldehydes is 1. The molecule has 30 heavy (non-hydrogen) atoms. The van der Waals surface area contributed by atoms with E-state index in [9.17, 15) is 18.4 Å². The molecule has 1 aromatic heterocycles. The molecule has 3 aromatic rings. The monoisotopic (exact) mass is 409 g/mol. The van der Waals surface area contributed by atoms with Crippen LogP contribution in [-0.2, 0) is 9.59 Å². The van der Waals surface area contributed by atoms with Gasteiger partial charge in [0.15, 0.2) is 0 Å². The summed E-state index contributed by atoms with van der Waals surface area (Å²) in [7, 11) is 0. The van der Waals surface area contributed by atoms with Gasteiger partial charge in [-0.1, -0.05) is 0 Å². The van der Waals surface area contributed by atoms with Crippen molar-refractivity contribution in [1.82, 2.24) is 15.6 Å². The first-order chi connectivity index (χ1) is 14.5. The second-order valence-corrected chi connectivity index (χ2v) is 7.42. The van der Waals surface area contributed by atoms with Crippen molar-refractivity contribution in [2.24, 2.45) is 0 Å². The van der Waals surface area contributed by atoms with E-state index in [0.717, 1.165) is 17.4 Å². The van der Waals surface area contributed by atoms with Crippen molar-refractivity contribution in [2.75, 3.05) is 13.1 Å². The summed E-state index contributed by atoms with van der Waals surface area (Å²) in [5.74, 6) is -0.827. The van der Waals surface area contributed by atoms with E-state index < -0.39 is 0 Å². The van der Waals surface area contributed by atoms with Crippen LogP contribution in [0, 0.1) is 18.6 Å². The molecule has 0 spiro atoms. The average Bonchev–Trinajstić information content (AvgIpc) is 3.29. The molecular weight excluding hydrogens is 388 g/mol. The van der Waals surface area contributed by atoms with Crippen LogP contribution >= 0.6 is 0 Å². The highest BCUT2D eigenvalue weighted by atomic mass is 19.1. The zero-order valence-corrected chi connectivity index (χ0v) is 16.4. The fourth-order valence-electron chi connectivity index (χ4n) is 3.78. The largest absolute Gasteiger partial charge is 0.355 e. The predicted molar refractivity (Wildman–Crippen MR) is 112 cm³/mol. The van der Waals surface area contributed by atoms with Crippen LogP contribution in [0.5, 0.6) is 0 Å². The number of hydrogen-bond donors (Lipinski definition) is 3. The summed E-state index contributed by atoms with van der Waals surface area (Å²) in [6.07, 6.45) is 3.06. The minimum Gasteiger partial charge on any atom is -0.355 e. The van der Waals surface area contributed by atoms with Gasteiger partial charge < -0.3 is 15.6 Å². The zero-order valence-electron chi connectivity index (χ0n) is 16.4. The first kappa shape index (κ1) is 20.0. The van der Waals surface area contributed by atoms with E-state index in [2.05, 4.69) is 15.6 Å². The van der Waals surface area contributed by atoms with E-state index in [4.69, 9.17) is 0 Å². The molecule has 2 aromatic carbocycles. The molecule has 1 saturated heterocycles. The van der Waals surface area contributed by atoms with Crippen LogP contribution in [0.25, 0.3) is 28.2 Å². The summed E-state index contributed by atoms with van der Waals surface area (Å²) in [5.41, 5.74) is 3.90. The smallest absolute Gasteiger partial charge is 0.237 e. The first-order valence-corrected chi connectivity index (χ1v) is 9.71. The number of carbonyl (C=O) groups is 2. The number of rotatable bonds is 6. The lowest BCUT2D eigenvalue weighted by molar-refractivity contribution is -0.120. The highest BCUT2D eigenvalue weighted by Gasteiger charge is 2.23. The third-order valence-corrected chi connectivity index (χ3v) is 5.33. The average molecular weight is 409 g/mol. The number of aromatic nitrogens is 1. The van der Waals surface area contributed by atoms with E-state index in [1.54, 1.807) is 25.1 Å². The highest BCUT2D eigenvalue weighted by molar-refractivity contribution is 6.00. The Morgan fingerprint density at radius 2 is 1.97 bits per heavy atom. The van der Waals surface area contributed by atoms with Gasteiger partial charge in [0, 0.05) is 35.1 Å². The van der Waals surface area contributed by atoms with Crippen molar-refractivity contribution in [1.29, 1.82) is 0 Å². The van der Waals surface area contributed by atoms with Gasteiger partial charge in [-0.3, -0.25) is 9.59 Å². The van der Waals surface area contributed by atoms with Gasteiger partial charge in [-0.05, 0) is 66.9 Å². The molecule has 0 aliphatic carbocycles. The Kier molecular flexibility index (Phi) is 5.46. The number of halogens is 2. The van der Waals surface area contributed by atoms with Crippen LogP contribution in [0.3, 0.4) is 0 Å². The predicted octanol–water partition coefficient (Wildman–Crippen LogP) is 3.48. The lowest BCUT2D eigenvalue weighted by atomic mass is 10.0. The maximum absolute atomic E-state index is 14.1. The van der Waals surface area contributed by atoms with Crippen LogP contribution in [0.1, 0.15) is 17.5 Å². The number of H-pyrrole nitrogens is 1. The van der Waals surface area contributed by atoms with E-state index in [-0.39, 0.29) is 30.1 Å². The van der Waals surface area contributed by atoms with E-state index >= 15 is 0 Å². The molecule has 1 atom stereocenters. The van der Waals surface area contributed by atoms with Gasteiger partial charge in [-0.15, -0.1) is 0 Å². The topological polar surface area (TPSA) is 74.0 Å². The number of carbonyl (C=O) groups excluding carboxylic acids is 2. The molecule has 1 fully saturated rings. The van der Waals surface area contributed by atoms with Crippen molar-refractivity contribution < 1.29 is 18.4 Å². The third-order valence-electron chi connectivity index (χ3n) is 5.33. The van der Waals surface area contributed by atoms with Gasteiger partial charge in [-0.25, -0.2) is 8.78 Å². The summed E-state index contributed by atoms with van der Waals surface area (Å²) >= 11 is 0. The van der Waals surface area contributed by atoms with E-state index in [0.29, 0.717) is 40.7 Å². The van der Waals surface area contributed by atoms with Gasteiger partial charge >= 0.3 is 0 Å². The molecule has 7 heteroatoms. The summed E-state index contributed by atoms with van der Waals surface area (Å²) in [6.45, 7) is 2.60. The molecule has 3 N–H and O–H groups in total. The lowest BCUT2D eigenvalue weighted by Gasteiger charge is -2.10.